The zero-order valence-electron chi connectivity index (χ0n) is 17.5. The zero-order valence-corrected chi connectivity index (χ0v) is 17.5. The van der Waals surface area contributed by atoms with Crippen molar-refractivity contribution in [2.24, 2.45) is 5.10 Å². The van der Waals surface area contributed by atoms with Crippen LogP contribution in [-0.2, 0) is 6.18 Å². The van der Waals surface area contributed by atoms with E-state index < -0.39 is 17.3 Å². The fraction of sp³-hybridized carbons (Fsp3) is 0.0385. The van der Waals surface area contributed by atoms with Crippen LogP contribution in [0.4, 0.5) is 13.2 Å². The highest BCUT2D eigenvalue weighted by Crippen LogP contribution is 2.32. The molecule has 0 atom stereocenters. The summed E-state index contributed by atoms with van der Waals surface area (Å²) in [5, 5.41) is 16.5. The maximum absolute atomic E-state index is 13.3. The first-order chi connectivity index (χ1) is 16.3. The minimum Gasteiger partial charge on any atom is -0.507 e. The highest BCUT2D eigenvalue weighted by atomic mass is 19.4. The molecule has 0 fully saturated rings. The van der Waals surface area contributed by atoms with E-state index in [9.17, 15) is 23.1 Å². The average Bonchev–Trinajstić information content (AvgIpc) is 2.84. The van der Waals surface area contributed by atoms with Gasteiger partial charge >= 0.3 is 6.18 Å². The highest BCUT2D eigenvalue weighted by molar-refractivity contribution is 6.02. The van der Waals surface area contributed by atoms with Crippen molar-refractivity contribution in [2.45, 2.75) is 6.18 Å². The van der Waals surface area contributed by atoms with Gasteiger partial charge < -0.3 is 5.11 Å². The molecule has 0 aliphatic carbocycles. The summed E-state index contributed by atoms with van der Waals surface area (Å²) in [5.41, 5.74) is -0.631. The van der Waals surface area contributed by atoms with E-state index in [1.165, 1.54) is 24.4 Å². The third-order valence-corrected chi connectivity index (χ3v) is 5.45. The van der Waals surface area contributed by atoms with Gasteiger partial charge in [0.2, 0.25) is 0 Å². The quantitative estimate of drug-likeness (QED) is 0.346. The maximum atomic E-state index is 13.3. The molecular formula is C26H16F3N3O2. The molecule has 0 unspecified atom stereocenters. The van der Waals surface area contributed by atoms with Gasteiger partial charge in [-0.15, -0.1) is 0 Å². The van der Waals surface area contributed by atoms with Crippen LogP contribution in [-0.4, -0.2) is 21.0 Å². The number of hydrogen-bond acceptors (Lipinski definition) is 4. The van der Waals surface area contributed by atoms with Crippen molar-refractivity contribution >= 4 is 27.9 Å². The average molecular weight is 459 g/mol. The minimum atomic E-state index is -4.56. The molecule has 5 aromatic rings. The van der Waals surface area contributed by atoms with Crippen LogP contribution in [0.5, 0.6) is 5.75 Å². The number of phenolic OH excluding ortho intramolecular Hbond substituents is 1. The summed E-state index contributed by atoms with van der Waals surface area (Å²) in [4.78, 5) is 17.7. The molecule has 0 bridgehead atoms. The molecule has 0 aliphatic rings. The van der Waals surface area contributed by atoms with E-state index in [0.717, 1.165) is 22.2 Å². The first-order valence-corrected chi connectivity index (χ1v) is 10.3. The number of nitrogens with zero attached hydrogens (tertiary/aromatic N) is 3. The molecule has 1 N–H and O–H groups in total. The van der Waals surface area contributed by atoms with Gasteiger partial charge in [-0.2, -0.15) is 22.9 Å². The smallest absolute Gasteiger partial charge is 0.416 e. The van der Waals surface area contributed by atoms with E-state index in [-0.39, 0.29) is 22.5 Å². The van der Waals surface area contributed by atoms with Crippen LogP contribution in [0.15, 0.2) is 94.8 Å². The van der Waals surface area contributed by atoms with Crippen molar-refractivity contribution in [1.82, 2.24) is 9.66 Å². The van der Waals surface area contributed by atoms with E-state index in [0.29, 0.717) is 16.5 Å². The lowest BCUT2D eigenvalue weighted by molar-refractivity contribution is -0.137. The van der Waals surface area contributed by atoms with Crippen LogP contribution in [0.3, 0.4) is 0 Å². The summed E-state index contributed by atoms with van der Waals surface area (Å²) in [6, 6.07) is 21.7. The number of rotatable bonds is 3. The molecule has 0 spiro atoms. The molecule has 0 radical (unpaired) electrons. The number of halogens is 3. The number of fused-ring (bicyclic) bond motifs is 2. The molecule has 1 aromatic heterocycles. The molecule has 0 aliphatic heterocycles. The Balaban J connectivity index is 1.76. The van der Waals surface area contributed by atoms with Crippen molar-refractivity contribution in [3.05, 3.63) is 106 Å². The maximum Gasteiger partial charge on any atom is 0.416 e. The van der Waals surface area contributed by atoms with Gasteiger partial charge in [0.05, 0.1) is 22.7 Å². The lowest BCUT2D eigenvalue weighted by Crippen LogP contribution is -2.20. The van der Waals surface area contributed by atoms with Gasteiger partial charge in [-0.3, -0.25) is 4.79 Å². The second kappa shape index (κ2) is 8.15. The predicted molar refractivity (Wildman–Crippen MR) is 125 cm³/mol. The molecule has 8 heteroatoms. The Bertz CT molecular complexity index is 1640. The number of aromatic nitrogens is 2. The van der Waals surface area contributed by atoms with Gasteiger partial charge in [-0.05, 0) is 41.1 Å². The SMILES string of the molecule is O=c1c2ccccc2nc(-c2cccc(C(F)(F)F)c2)n1N=Cc1c(O)ccc2ccccc12. The van der Waals surface area contributed by atoms with Crippen molar-refractivity contribution in [3.63, 3.8) is 0 Å². The number of para-hydroxylation sites is 1. The monoisotopic (exact) mass is 459 g/mol. The fourth-order valence-corrected chi connectivity index (χ4v) is 3.79. The van der Waals surface area contributed by atoms with Crippen LogP contribution in [0.25, 0.3) is 33.1 Å². The molecule has 1 heterocycles. The van der Waals surface area contributed by atoms with Crippen LogP contribution in [0.2, 0.25) is 0 Å². The molecule has 4 aromatic carbocycles. The Morgan fingerprint density at radius 2 is 1.62 bits per heavy atom. The van der Waals surface area contributed by atoms with E-state index in [1.807, 2.05) is 12.1 Å². The van der Waals surface area contributed by atoms with Crippen molar-refractivity contribution < 1.29 is 18.3 Å². The Labute approximate surface area is 191 Å². The Morgan fingerprint density at radius 1 is 0.882 bits per heavy atom. The largest absolute Gasteiger partial charge is 0.507 e. The summed E-state index contributed by atoms with van der Waals surface area (Å²) in [6.07, 6.45) is -3.25. The Hall–Kier alpha value is -4.46. The van der Waals surface area contributed by atoms with Crippen LogP contribution >= 0.6 is 0 Å². The molecule has 0 saturated carbocycles. The minimum absolute atomic E-state index is 0.0502. The predicted octanol–water partition coefficient (Wildman–Crippen LogP) is 5.82. The van der Waals surface area contributed by atoms with Gasteiger partial charge in [-0.1, -0.05) is 54.6 Å². The number of phenols is 1. The third kappa shape index (κ3) is 3.79. The van der Waals surface area contributed by atoms with Gasteiger partial charge in [-0.25, -0.2) is 4.98 Å². The summed E-state index contributed by atoms with van der Waals surface area (Å²) >= 11 is 0. The van der Waals surface area contributed by atoms with E-state index in [1.54, 1.807) is 42.5 Å². The summed E-state index contributed by atoms with van der Waals surface area (Å²) in [6.45, 7) is 0. The van der Waals surface area contributed by atoms with E-state index >= 15 is 0 Å². The van der Waals surface area contributed by atoms with Crippen molar-refractivity contribution in [3.8, 4) is 17.1 Å². The van der Waals surface area contributed by atoms with Crippen LogP contribution in [0, 0.1) is 0 Å². The lowest BCUT2D eigenvalue weighted by Gasteiger charge is -2.12. The fourth-order valence-electron chi connectivity index (χ4n) is 3.79. The Kier molecular flexibility index (Phi) is 5.13. The summed E-state index contributed by atoms with van der Waals surface area (Å²) in [5.74, 6) is -0.101. The van der Waals surface area contributed by atoms with Crippen LogP contribution < -0.4 is 5.56 Å². The number of hydrogen-bond donors (Lipinski definition) is 1. The molecule has 5 rings (SSSR count). The molecule has 5 nitrogen and oxygen atoms in total. The number of benzene rings is 4. The highest BCUT2D eigenvalue weighted by Gasteiger charge is 2.31. The molecule has 0 amide bonds. The molecular weight excluding hydrogens is 443 g/mol. The van der Waals surface area contributed by atoms with Crippen molar-refractivity contribution in [1.29, 1.82) is 0 Å². The Morgan fingerprint density at radius 3 is 2.41 bits per heavy atom. The summed E-state index contributed by atoms with van der Waals surface area (Å²) in [7, 11) is 0. The first kappa shape index (κ1) is 21.4. The zero-order chi connectivity index (χ0) is 23.9. The molecule has 0 saturated heterocycles. The van der Waals surface area contributed by atoms with Gasteiger partial charge in [0.1, 0.15) is 5.75 Å². The van der Waals surface area contributed by atoms with E-state index in [4.69, 9.17) is 0 Å². The van der Waals surface area contributed by atoms with Gasteiger partial charge in [0.25, 0.3) is 5.56 Å². The van der Waals surface area contributed by atoms with Gasteiger partial charge in [0.15, 0.2) is 5.82 Å². The normalized spacial score (nSPS) is 12.1. The van der Waals surface area contributed by atoms with Crippen LogP contribution in [0.1, 0.15) is 11.1 Å². The molecule has 168 valence electrons. The number of aromatic hydroxyl groups is 1. The second-order valence-electron chi connectivity index (χ2n) is 7.61. The van der Waals surface area contributed by atoms with Crippen molar-refractivity contribution in [2.75, 3.05) is 0 Å². The third-order valence-electron chi connectivity index (χ3n) is 5.45. The lowest BCUT2D eigenvalue weighted by atomic mass is 10.0. The second-order valence-corrected chi connectivity index (χ2v) is 7.61. The first-order valence-electron chi connectivity index (χ1n) is 10.3. The molecule has 34 heavy (non-hydrogen) atoms. The van der Waals surface area contributed by atoms with E-state index in [2.05, 4.69) is 10.1 Å². The number of alkyl halides is 3. The topological polar surface area (TPSA) is 67.5 Å². The summed E-state index contributed by atoms with van der Waals surface area (Å²) < 4.78 is 41.0. The standard InChI is InChI=1S/C26H16F3N3O2/c27-26(28,29)18-8-5-7-17(14-18)24-31-22-11-4-3-10-20(22)25(34)32(24)30-15-21-19-9-2-1-6-16(19)12-13-23(21)33/h1-15,33H. The van der Waals surface area contributed by atoms with Gasteiger partial charge in [0, 0.05) is 11.1 Å².